The molecule has 0 atom stereocenters. The maximum Gasteiger partial charge on any atom is 0.287 e. The number of carbonyl (C=O) groups is 1. The molecule has 0 bridgehead atoms. The summed E-state index contributed by atoms with van der Waals surface area (Å²) in [5, 5.41) is 2.78. The maximum absolute atomic E-state index is 11.8. The standard InChI is InChI=1S/C14H11BrN2O3/c1-8-17-10-3-2-9(6-12(10)19-8)7-16-14(18)11-4-5-13(15)20-11/h2-6H,7H2,1H3,(H,16,18). The van der Waals surface area contributed by atoms with Crippen LogP contribution < -0.4 is 5.32 Å². The van der Waals surface area contributed by atoms with E-state index in [4.69, 9.17) is 8.83 Å². The smallest absolute Gasteiger partial charge is 0.287 e. The minimum atomic E-state index is -0.260. The van der Waals surface area contributed by atoms with Crippen LogP contribution in [0, 0.1) is 6.92 Å². The molecule has 6 heteroatoms. The highest BCUT2D eigenvalue weighted by molar-refractivity contribution is 9.10. The van der Waals surface area contributed by atoms with Crippen LogP contribution in [0.15, 0.2) is 43.8 Å². The second kappa shape index (κ2) is 5.13. The van der Waals surface area contributed by atoms with Crippen LogP contribution in [0.25, 0.3) is 11.1 Å². The van der Waals surface area contributed by atoms with Gasteiger partial charge in [0.15, 0.2) is 21.9 Å². The third-order valence-electron chi connectivity index (χ3n) is 2.81. The van der Waals surface area contributed by atoms with Crippen molar-refractivity contribution in [3.05, 3.63) is 52.2 Å². The quantitative estimate of drug-likeness (QED) is 0.796. The van der Waals surface area contributed by atoms with E-state index in [9.17, 15) is 4.79 Å². The van der Waals surface area contributed by atoms with Gasteiger partial charge in [-0.25, -0.2) is 4.98 Å². The Bertz CT molecular complexity index is 776. The van der Waals surface area contributed by atoms with E-state index < -0.39 is 0 Å². The van der Waals surface area contributed by atoms with Gasteiger partial charge in [0.2, 0.25) is 0 Å². The summed E-state index contributed by atoms with van der Waals surface area (Å²) in [6, 6.07) is 8.94. The summed E-state index contributed by atoms with van der Waals surface area (Å²) in [7, 11) is 0. The van der Waals surface area contributed by atoms with E-state index in [1.54, 1.807) is 19.1 Å². The predicted molar refractivity (Wildman–Crippen MR) is 76.3 cm³/mol. The number of benzene rings is 1. The monoisotopic (exact) mass is 334 g/mol. The van der Waals surface area contributed by atoms with Crippen molar-refractivity contribution in [1.82, 2.24) is 10.3 Å². The maximum atomic E-state index is 11.8. The van der Waals surface area contributed by atoms with Crippen molar-refractivity contribution >= 4 is 32.9 Å². The lowest BCUT2D eigenvalue weighted by Gasteiger charge is -2.03. The molecule has 20 heavy (non-hydrogen) atoms. The highest BCUT2D eigenvalue weighted by Gasteiger charge is 2.10. The first kappa shape index (κ1) is 12.9. The van der Waals surface area contributed by atoms with Gasteiger partial charge in [-0.15, -0.1) is 0 Å². The van der Waals surface area contributed by atoms with Gasteiger partial charge in [-0.3, -0.25) is 4.79 Å². The number of hydrogen-bond acceptors (Lipinski definition) is 4. The van der Waals surface area contributed by atoms with E-state index in [0.717, 1.165) is 16.7 Å². The van der Waals surface area contributed by atoms with Crippen LogP contribution in [0.2, 0.25) is 0 Å². The molecule has 0 aliphatic heterocycles. The normalized spacial score (nSPS) is 10.9. The molecule has 0 aliphatic rings. The number of aromatic nitrogens is 1. The summed E-state index contributed by atoms with van der Waals surface area (Å²) in [6.07, 6.45) is 0. The highest BCUT2D eigenvalue weighted by Crippen LogP contribution is 2.17. The molecular weight excluding hydrogens is 324 g/mol. The Morgan fingerprint density at radius 3 is 2.90 bits per heavy atom. The Balaban J connectivity index is 1.71. The van der Waals surface area contributed by atoms with Crippen molar-refractivity contribution in [2.24, 2.45) is 0 Å². The summed E-state index contributed by atoms with van der Waals surface area (Å²) in [5.74, 6) is 0.639. The number of oxazole rings is 1. The van der Waals surface area contributed by atoms with Crippen LogP contribution >= 0.6 is 15.9 Å². The first-order chi connectivity index (χ1) is 9.61. The van der Waals surface area contributed by atoms with Crippen molar-refractivity contribution in [3.8, 4) is 0 Å². The Kier molecular flexibility index (Phi) is 3.31. The van der Waals surface area contributed by atoms with Crippen LogP contribution in [-0.2, 0) is 6.54 Å². The molecule has 3 rings (SSSR count). The van der Waals surface area contributed by atoms with Crippen LogP contribution in [0.5, 0.6) is 0 Å². The van der Waals surface area contributed by atoms with E-state index in [-0.39, 0.29) is 11.7 Å². The van der Waals surface area contributed by atoms with Crippen molar-refractivity contribution < 1.29 is 13.6 Å². The van der Waals surface area contributed by atoms with E-state index in [2.05, 4.69) is 26.2 Å². The van der Waals surface area contributed by atoms with Gasteiger partial charge in [-0.05, 0) is 45.8 Å². The van der Waals surface area contributed by atoms with Gasteiger partial charge in [-0.2, -0.15) is 0 Å². The van der Waals surface area contributed by atoms with Crippen LogP contribution in [0.3, 0.4) is 0 Å². The van der Waals surface area contributed by atoms with E-state index in [0.29, 0.717) is 17.1 Å². The first-order valence-electron chi connectivity index (χ1n) is 6.01. The molecule has 0 spiro atoms. The lowest BCUT2D eigenvalue weighted by atomic mass is 10.2. The van der Waals surface area contributed by atoms with Gasteiger partial charge in [-0.1, -0.05) is 6.07 Å². The molecule has 2 aromatic heterocycles. The molecule has 1 N–H and O–H groups in total. The third-order valence-corrected chi connectivity index (χ3v) is 3.24. The molecule has 3 aromatic rings. The van der Waals surface area contributed by atoms with Crippen LogP contribution in [-0.4, -0.2) is 10.9 Å². The van der Waals surface area contributed by atoms with Crippen molar-refractivity contribution in [3.63, 3.8) is 0 Å². The van der Waals surface area contributed by atoms with Crippen LogP contribution in [0.1, 0.15) is 22.0 Å². The fourth-order valence-electron chi connectivity index (χ4n) is 1.90. The number of carbonyl (C=O) groups excluding carboxylic acids is 1. The number of aryl methyl sites for hydroxylation is 1. The lowest BCUT2D eigenvalue weighted by molar-refractivity contribution is 0.0922. The molecule has 0 saturated carbocycles. The lowest BCUT2D eigenvalue weighted by Crippen LogP contribution is -2.22. The van der Waals surface area contributed by atoms with Gasteiger partial charge in [0, 0.05) is 13.5 Å². The molecular formula is C14H11BrN2O3. The summed E-state index contributed by atoms with van der Waals surface area (Å²) in [5.41, 5.74) is 2.47. The fourth-order valence-corrected chi connectivity index (χ4v) is 2.21. The average molecular weight is 335 g/mol. The molecule has 1 aromatic carbocycles. The topological polar surface area (TPSA) is 68.3 Å². The number of halogens is 1. The summed E-state index contributed by atoms with van der Waals surface area (Å²) in [6.45, 7) is 2.20. The van der Waals surface area contributed by atoms with E-state index in [1.807, 2.05) is 18.2 Å². The van der Waals surface area contributed by atoms with Gasteiger partial charge in [0.1, 0.15) is 5.52 Å². The molecule has 2 heterocycles. The number of fused-ring (bicyclic) bond motifs is 1. The predicted octanol–water partition coefficient (Wildman–Crippen LogP) is 3.42. The number of nitrogens with one attached hydrogen (secondary N) is 1. The third kappa shape index (κ3) is 2.60. The molecule has 0 fully saturated rings. The molecule has 5 nitrogen and oxygen atoms in total. The van der Waals surface area contributed by atoms with Gasteiger partial charge < -0.3 is 14.2 Å². The number of hydrogen-bond donors (Lipinski definition) is 1. The molecule has 102 valence electrons. The SMILES string of the molecule is Cc1nc2ccc(CNC(=O)c3ccc(Br)o3)cc2o1. The Hall–Kier alpha value is -2.08. The van der Waals surface area contributed by atoms with Gasteiger partial charge in [0.25, 0.3) is 5.91 Å². The molecule has 0 unspecified atom stereocenters. The Morgan fingerprint density at radius 1 is 1.30 bits per heavy atom. The average Bonchev–Trinajstić information content (AvgIpc) is 3.00. The highest BCUT2D eigenvalue weighted by atomic mass is 79.9. The minimum absolute atomic E-state index is 0.260. The van der Waals surface area contributed by atoms with Gasteiger partial charge in [0.05, 0.1) is 0 Å². The summed E-state index contributed by atoms with van der Waals surface area (Å²) < 4.78 is 11.2. The number of rotatable bonds is 3. The largest absolute Gasteiger partial charge is 0.444 e. The minimum Gasteiger partial charge on any atom is -0.444 e. The molecule has 1 amide bonds. The second-order valence-corrected chi connectivity index (χ2v) is 5.10. The zero-order valence-corrected chi connectivity index (χ0v) is 12.2. The second-order valence-electron chi connectivity index (χ2n) is 4.32. The van der Waals surface area contributed by atoms with Crippen molar-refractivity contribution in [2.45, 2.75) is 13.5 Å². The zero-order valence-electron chi connectivity index (χ0n) is 10.6. The molecule has 0 radical (unpaired) electrons. The fraction of sp³-hybridized carbons (Fsp3) is 0.143. The zero-order chi connectivity index (χ0) is 14.1. The Morgan fingerprint density at radius 2 is 2.15 bits per heavy atom. The number of furan rings is 1. The first-order valence-corrected chi connectivity index (χ1v) is 6.81. The molecule has 0 saturated heterocycles. The number of amides is 1. The summed E-state index contributed by atoms with van der Waals surface area (Å²) >= 11 is 3.16. The summed E-state index contributed by atoms with van der Waals surface area (Å²) in [4.78, 5) is 16.1. The van der Waals surface area contributed by atoms with Crippen molar-refractivity contribution in [1.29, 1.82) is 0 Å². The van der Waals surface area contributed by atoms with E-state index >= 15 is 0 Å². The Labute approximate surface area is 123 Å². The van der Waals surface area contributed by atoms with Gasteiger partial charge >= 0.3 is 0 Å². The molecule has 0 aliphatic carbocycles. The number of nitrogens with zero attached hydrogens (tertiary/aromatic N) is 1. The van der Waals surface area contributed by atoms with Crippen LogP contribution in [0.4, 0.5) is 0 Å². The van der Waals surface area contributed by atoms with E-state index in [1.165, 1.54) is 0 Å². The van der Waals surface area contributed by atoms with Crippen molar-refractivity contribution in [2.75, 3.05) is 0 Å².